The summed E-state index contributed by atoms with van der Waals surface area (Å²) < 4.78 is 13.7. The number of hydrogen-bond acceptors (Lipinski definition) is 3. The number of aliphatic hydroxyl groups is 1. The molecule has 4 nitrogen and oxygen atoms in total. The average Bonchev–Trinajstić information content (AvgIpc) is 2.58. The van der Waals surface area contributed by atoms with Crippen molar-refractivity contribution in [3.63, 3.8) is 0 Å². The molecule has 1 saturated heterocycles. The van der Waals surface area contributed by atoms with Crippen LogP contribution in [-0.2, 0) is 4.79 Å². The van der Waals surface area contributed by atoms with Gasteiger partial charge in [-0.3, -0.25) is 4.79 Å². The van der Waals surface area contributed by atoms with Gasteiger partial charge in [-0.05, 0) is 12.1 Å². The first-order chi connectivity index (χ1) is 7.63. The van der Waals surface area contributed by atoms with Crippen molar-refractivity contribution in [2.75, 3.05) is 11.4 Å². The third kappa shape index (κ3) is 1.64. The van der Waals surface area contributed by atoms with Crippen molar-refractivity contribution in [1.29, 1.82) is 5.26 Å². The maximum atomic E-state index is 13.7. The van der Waals surface area contributed by atoms with Crippen LogP contribution in [0.3, 0.4) is 0 Å². The number of β-amino-alcohol motifs (C(OH)–C–C–N with tert-alkyl or cyclic N) is 1. The van der Waals surface area contributed by atoms with Crippen molar-refractivity contribution in [3.05, 3.63) is 29.6 Å². The molecule has 1 aromatic rings. The van der Waals surface area contributed by atoms with Crippen LogP contribution >= 0.6 is 0 Å². The van der Waals surface area contributed by atoms with E-state index in [-0.39, 0.29) is 30.1 Å². The molecule has 1 aliphatic heterocycles. The van der Waals surface area contributed by atoms with E-state index in [0.717, 1.165) is 0 Å². The van der Waals surface area contributed by atoms with Gasteiger partial charge in [0.2, 0.25) is 5.91 Å². The Kier molecular flexibility index (Phi) is 2.59. The summed E-state index contributed by atoms with van der Waals surface area (Å²) in [5.41, 5.74) is -0.0488. The molecular weight excluding hydrogens is 211 g/mol. The van der Waals surface area contributed by atoms with Crippen LogP contribution in [0.1, 0.15) is 12.0 Å². The summed E-state index contributed by atoms with van der Waals surface area (Å²) in [6, 6.07) is 5.98. The molecule has 1 fully saturated rings. The zero-order chi connectivity index (χ0) is 11.7. The third-order valence-electron chi connectivity index (χ3n) is 2.49. The highest BCUT2D eigenvalue weighted by Gasteiger charge is 2.31. The third-order valence-corrected chi connectivity index (χ3v) is 2.49. The molecule has 0 bridgehead atoms. The Bertz CT molecular complexity index is 481. The van der Waals surface area contributed by atoms with Gasteiger partial charge in [0.1, 0.15) is 6.07 Å². The van der Waals surface area contributed by atoms with Gasteiger partial charge < -0.3 is 10.0 Å². The molecule has 1 amide bonds. The summed E-state index contributed by atoms with van der Waals surface area (Å²) in [6.07, 6.45) is -0.770. The highest BCUT2D eigenvalue weighted by atomic mass is 19.1. The number of benzene rings is 1. The minimum absolute atomic E-state index is 0.00375. The maximum Gasteiger partial charge on any atom is 0.229 e. The Morgan fingerprint density at radius 1 is 1.56 bits per heavy atom. The number of amides is 1. The maximum absolute atomic E-state index is 13.7. The fraction of sp³-hybridized carbons (Fsp3) is 0.273. The molecule has 1 heterocycles. The lowest BCUT2D eigenvalue weighted by Gasteiger charge is -2.16. The van der Waals surface area contributed by atoms with Crippen LogP contribution in [0.5, 0.6) is 0 Å². The van der Waals surface area contributed by atoms with E-state index >= 15 is 0 Å². The van der Waals surface area contributed by atoms with E-state index in [1.54, 1.807) is 6.07 Å². The fourth-order valence-corrected chi connectivity index (χ4v) is 1.74. The number of carbonyl (C=O) groups excluding carboxylic acids is 1. The van der Waals surface area contributed by atoms with Crippen molar-refractivity contribution in [1.82, 2.24) is 0 Å². The van der Waals surface area contributed by atoms with E-state index in [2.05, 4.69) is 0 Å². The highest BCUT2D eigenvalue weighted by molar-refractivity contribution is 5.96. The molecular formula is C11H9FN2O2. The fourth-order valence-electron chi connectivity index (χ4n) is 1.74. The van der Waals surface area contributed by atoms with Gasteiger partial charge in [-0.15, -0.1) is 0 Å². The molecule has 0 aromatic heterocycles. The van der Waals surface area contributed by atoms with E-state index in [4.69, 9.17) is 5.26 Å². The summed E-state index contributed by atoms with van der Waals surface area (Å²) in [5.74, 6) is -1.05. The van der Waals surface area contributed by atoms with Gasteiger partial charge >= 0.3 is 0 Å². The van der Waals surface area contributed by atoms with Crippen molar-refractivity contribution in [2.24, 2.45) is 0 Å². The Labute approximate surface area is 91.5 Å². The molecule has 2 rings (SSSR count). The van der Waals surface area contributed by atoms with E-state index in [1.165, 1.54) is 23.1 Å². The number of halogens is 1. The molecule has 0 aliphatic carbocycles. The quantitative estimate of drug-likeness (QED) is 0.761. The number of rotatable bonds is 1. The van der Waals surface area contributed by atoms with Crippen LogP contribution in [0.2, 0.25) is 0 Å². The predicted octanol–water partition coefficient (Wildman–Crippen LogP) is 0.795. The average molecular weight is 220 g/mol. The first kappa shape index (κ1) is 10.6. The standard InChI is InChI=1S/C11H9FN2O2/c12-11-7(5-13)2-1-3-9(11)14-6-8(15)4-10(14)16/h1-3,8,15H,4,6H2. The van der Waals surface area contributed by atoms with Gasteiger partial charge in [0.05, 0.1) is 30.3 Å². The van der Waals surface area contributed by atoms with Gasteiger partial charge in [-0.1, -0.05) is 6.07 Å². The number of hydrogen-bond donors (Lipinski definition) is 1. The Balaban J connectivity index is 2.42. The van der Waals surface area contributed by atoms with Crippen LogP contribution in [0.15, 0.2) is 18.2 Å². The Morgan fingerprint density at radius 3 is 2.88 bits per heavy atom. The molecule has 1 atom stereocenters. The van der Waals surface area contributed by atoms with E-state index in [0.29, 0.717) is 0 Å². The second-order valence-electron chi connectivity index (χ2n) is 3.61. The van der Waals surface area contributed by atoms with Crippen LogP contribution in [-0.4, -0.2) is 23.7 Å². The molecule has 16 heavy (non-hydrogen) atoms. The molecule has 82 valence electrons. The second kappa shape index (κ2) is 3.91. The Morgan fingerprint density at radius 2 is 2.31 bits per heavy atom. The van der Waals surface area contributed by atoms with Crippen molar-refractivity contribution in [3.8, 4) is 6.07 Å². The van der Waals surface area contributed by atoms with Crippen molar-refractivity contribution >= 4 is 11.6 Å². The van der Waals surface area contributed by atoms with E-state index in [1.807, 2.05) is 0 Å². The van der Waals surface area contributed by atoms with Gasteiger partial charge in [0.15, 0.2) is 5.82 Å². The number of aliphatic hydroxyl groups excluding tert-OH is 1. The highest BCUT2D eigenvalue weighted by Crippen LogP contribution is 2.26. The number of nitriles is 1. The molecule has 0 spiro atoms. The van der Waals surface area contributed by atoms with Crippen LogP contribution < -0.4 is 4.90 Å². The van der Waals surface area contributed by atoms with E-state index < -0.39 is 11.9 Å². The Hall–Kier alpha value is -1.93. The predicted molar refractivity (Wildman–Crippen MR) is 54.1 cm³/mol. The van der Waals surface area contributed by atoms with Crippen LogP contribution in [0.25, 0.3) is 0 Å². The largest absolute Gasteiger partial charge is 0.391 e. The van der Waals surface area contributed by atoms with Gasteiger partial charge in [0.25, 0.3) is 0 Å². The SMILES string of the molecule is N#Cc1cccc(N2CC(O)CC2=O)c1F. The van der Waals surface area contributed by atoms with Crippen molar-refractivity contribution in [2.45, 2.75) is 12.5 Å². The minimum Gasteiger partial charge on any atom is -0.391 e. The van der Waals surface area contributed by atoms with Gasteiger partial charge in [-0.25, -0.2) is 4.39 Å². The summed E-state index contributed by atoms with van der Waals surface area (Å²) in [6.45, 7) is 0.0740. The summed E-state index contributed by atoms with van der Waals surface area (Å²) in [7, 11) is 0. The monoisotopic (exact) mass is 220 g/mol. The van der Waals surface area contributed by atoms with Crippen LogP contribution in [0, 0.1) is 17.1 Å². The first-order valence-electron chi connectivity index (χ1n) is 4.80. The normalized spacial score (nSPS) is 19.9. The molecule has 1 N–H and O–H groups in total. The lowest BCUT2D eigenvalue weighted by molar-refractivity contribution is -0.117. The lowest BCUT2D eigenvalue weighted by Crippen LogP contribution is -2.26. The second-order valence-corrected chi connectivity index (χ2v) is 3.61. The number of carbonyl (C=O) groups is 1. The van der Waals surface area contributed by atoms with Gasteiger partial charge in [-0.2, -0.15) is 5.26 Å². The van der Waals surface area contributed by atoms with Gasteiger partial charge in [0, 0.05) is 0 Å². The molecule has 0 saturated carbocycles. The summed E-state index contributed by atoms with van der Waals surface area (Å²) in [5, 5.41) is 18.0. The first-order valence-corrected chi connectivity index (χ1v) is 4.80. The molecule has 1 unspecified atom stereocenters. The van der Waals surface area contributed by atoms with E-state index in [9.17, 15) is 14.3 Å². The summed E-state index contributed by atoms with van der Waals surface area (Å²) >= 11 is 0. The molecule has 1 aliphatic rings. The lowest BCUT2D eigenvalue weighted by atomic mass is 10.2. The molecule has 5 heteroatoms. The smallest absolute Gasteiger partial charge is 0.229 e. The zero-order valence-corrected chi connectivity index (χ0v) is 8.35. The molecule has 1 aromatic carbocycles. The topological polar surface area (TPSA) is 64.3 Å². The number of anilines is 1. The molecule has 0 radical (unpaired) electrons. The van der Waals surface area contributed by atoms with Crippen molar-refractivity contribution < 1.29 is 14.3 Å². The summed E-state index contributed by atoms with van der Waals surface area (Å²) in [4.78, 5) is 12.6. The number of nitrogens with zero attached hydrogens (tertiary/aromatic N) is 2. The minimum atomic E-state index is -0.766. The zero-order valence-electron chi connectivity index (χ0n) is 8.35. The van der Waals surface area contributed by atoms with Crippen LogP contribution in [0.4, 0.5) is 10.1 Å².